The van der Waals surface area contributed by atoms with E-state index in [0.717, 1.165) is 42.1 Å². The highest BCUT2D eigenvalue weighted by molar-refractivity contribution is 9.11. The monoisotopic (exact) mass is 708 g/mol. The number of hydrogen-bond donors (Lipinski definition) is 2. The highest BCUT2D eigenvalue weighted by Gasteiger charge is 2.11. The average Bonchev–Trinajstić information content (AvgIpc) is 3.42. The van der Waals surface area contributed by atoms with Gasteiger partial charge in [0.2, 0.25) is 0 Å². The summed E-state index contributed by atoms with van der Waals surface area (Å²) in [6.07, 6.45) is 1.58. The molecule has 0 aliphatic carbocycles. The predicted molar refractivity (Wildman–Crippen MR) is 175 cm³/mol. The summed E-state index contributed by atoms with van der Waals surface area (Å²) >= 11 is 14.6. The van der Waals surface area contributed by atoms with Crippen LogP contribution in [0.5, 0.6) is 5.75 Å². The van der Waals surface area contributed by atoms with Gasteiger partial charge in [-0.25, -0.2) is 10.4 Å². The van der Waals surface area contributed by atoms with Crippen molar-refractivity contribution >= 4 is 77.7 Å². The predicted octanol–water partition coefficient (Wildman–Crippen LogP) is 9.38. The molecule has 1 amide bonds. The van der Waals surface area contributed by atoms with Crippen LogP contribution in [0, 0.1) is 6.92 Å². The van der Waals surface area contributed by atoms with E-state index in [0.29, 0.717) is 22.9 Å². The van der Waals surface area contributed by atoms with Crippen molar-refractivity contribution in [1.82, 2.24) is 10.4 Å². The summed E-state index contributed by atoms with van der Waals surface area (Å²) < 4.78 is 7.57. The molecule has 41 heavy (non-hydrogen) atoms. The Hall–Kier alpha value is -3.50. The van der Waals surface area contributed by atoms with Crippen LogP contribution in [0.25, 0.3) is 11.3 Å². The lowest BCUT2D eigenvalue weighted by Gasteiger charge is -2.11. The van der Waals surface area contributed by atoms with E-state index < -0.39 is 0 Å². The van der Waals surface area contributed by atoms with Crippen molar-refractivity contribution in [3.05, 3.63) is 127 Å². The molecule has 0 saturated carbocycles. The lowest BCUT2D eigenvalue weighted by atomic mass is 10.1. The van der Waals surface area contributed by atoms with Crippen molar-refractivity contribution < 1.29 is 9.53 Å². The van der Waals surface area contributed by atoms with Crippen molar-refractivity contribution in [2.24, 2.45) is 5.10 Å². The summed E-state index contributed by atoms with van der Waals surface area (Å²) in [6, 6.07) is 26.6. The highest BCUT2D eigenvalue weighted by Crippen LogP contribution is 2.35. The number of anilines is 2. The standard InChI is InChI=1S/C31H23Br2ClN4O2S/c1-19-3-2-4-20(13-19)17-40-29-26(32)14-21(15-27(29)33)16-35-38-30(39)23-7-5-22(6-8-23)28-18-41-31(37-28)36-25-11-9-24(34)10-12-25/h2-16,18H,17H2,1H3,(H,36,37)(H,38,39)/b35-16-. The Bertz CT molecular complexity index is 1680. The highest BCUT2D eigenvalue weighted by atomic mass is 79.9. The second kappa shape index (κ2) is 13.4. The molecule has 0 unspecified atom stereocenters. The van der Waals surface area contributed by atoms with E-state index in [1.54, 1.807) is 18.3 Å². The van der Waals surface area contributed by atoms with Gasteiger partial charge >= 0.3 is 0 Å². The molecule has 10 heteroatoms. The van der Waals surface area contributed by atoms with E-state index in [9.17, 15) is 4.79 Å². The maximum atomic E-state index is 12.6. The smallest absolute Gasteiger partial charge is 0.271 e. The number of aryl methyl sites for hydroxylation is 1. The third-order valence-corrected chi connectivity index (χ3v) is 8.10. The molecule has 2 N–H and O–H groups in total. The molecule has 5 rings (SSSR count). The quantitative estimate of drug-likeness (QED) is 0.118. The molecule has 0 atom stereocenters. The minimum absolute atomic E-state index is 0.313. The Morgan fingerprint density at radius 1 is 1.02 bits per heavy atom. The minimum Gasteiger partial charge on any atom is -0.487 e. The molecule has 206 valence electrons. The molecule has 0 fully saturated rings. The summed E-state index contributed by atoms with van der Waals surface area (Å²) in [6.45, 7) is 2.50. The summed E-state index contributed by atoms with van der Waals surface area (Å²) in [7, 11) is 0. The van der Waals surface area contributed by atoms with E-state index in [2.05, 4.69) is 71.7 Å². The fraction of sp³-hybridized carbons (Fsp3) is 0.0645. The molecule has 5 aromatic rings. The normalized spacial score (nSPS) is 11.0. The Balaban J connectivity index is 1.16. The Morgan fingerprint density at radius 2 is 1.76 bits per heavy atom. The van der Waals surface area contributed by atoms with Crippen molar-refractivity contribution in [2.45, 2.75) is 13.5 Å². The summed E-state index contributed by atoms with van der Waals surface area (Å²) in [5.74, 6) is 0.383. The first kappa shape index (κ1) is 29.0. The first-order chi connectivity index (χ1) is 19.8. The van der Waals surface area contributed by atoms with Crippen molar-refractivity contribution in [2.75, 3.05) is 5.32 Å². The van der Waals surface area contributed by atoms with E-state index in [1.165, 1.54) is 16.9 Å². The number of halogens is 3. The summed E-state index contributed by atoms with van der Waals surface area (Å²) in [4.78, 5) is 17.3. The summed E-state index contributed by atoms with van der Waals surface area (Å²) in [5.41, 5.74) is 8.77. The van der Waals surface area contributed by atoms with Gasteiger partial charge < -0.3 is 10.1 Å². The molecular formula is C31H23Br2ClN4O2S. The van der Waals surface area contributed by atoms with Gasteiger partial charge in [-0.15, -0.1) is 11.3 Å². The van der Waals surface area contributed by atoms with Gasteiger partial charge in [0.1, 0.15) is 12.4 Å². The number of aromatic nitrogens is 1. The fourth-order valence-corrected chi connectivity index (χ4v) is 6.21. The first-order valence-electron chi connectivity index (χ1n) is 12.4. The molecule has 0 spiro atoms. The summed E-state index contributed by atoms with van der Waals surface area (Å²) in [5, 5.41) is 10.8. The van der Waals surface area contributed by atoms with Gasteiger partial charge in [-0.05, 0) is 98.4 Å². The lowest BCUT2D eigenvalue weighted by Crippen LogP contribution is -2.17. The van der Waals surface area contributed by atoms with Gasteiger partial charge in [-0.1, -0.05) is 53.6 Å². The molecular weight excluding hydrogens is 688 g/mol. The van der Waals surface area contributed by atoms with Gasteiger partial charge in [-0.3, -0.25) is 4.79 Å². The number of ether oxygens (including phenoxy) is 1. The van der Waals surface area contributed by atoms with Crippen LogP contribution in [0.1, 0.15) is 27.0 Å². The third kappa shape index (κ3) is 7.83. The number of carbonyl (C=O) groups is 1. The van der Waals surface area contributed by atoms with Crippen LogP contribution < -0.4 is 15.5 Å². The van der Waals surface area contributed by atoms with Gasteiger partial charge in [-0.2, -0.15) is 5.10 Å². The number of thiazole rings is 1. The zero-order chi connectivity index (χ0) is 28.8. The molecule has 0 aliphatic heterocycles. The lowest BCUT2D eigenvalue weighted by molar-refractivity contribution is 0.0955. The van der Waals surface area contributed by atoms with Crippen molar-refractivity contribution in [3.63, 3.8) is 0 Å². The third-order valence-electron chi connectivity index (χ3n) is 5.91. The van der Waals surface area contributed by atoms with Crippen molar-refractivity contribution in [3.8, 4) is 17.0 Å². The number of nitrogens with zero attached hydrogens (tertiary/aromatic N) is 2. The van der Waals surface area contributed by atoms with Crippen LogP contribution in [0.2, 0.25) is 5.02 Å². The molecule has 1 heterocycles. The van der Waals surface area contributed by atoms with E-state index in [4.69, 9.17) is 16.3 Å². The van der Waals surface area contributed by atoms with Crippen molar-refractivity contribution in [1.29, 1.82) is 0 Å². The average molecular weight is 711 g/mol. The van der Waals surface area contributed by atoms with Crippen LogP contribution in [0.15, 0.2) is 104 Å². The largest absolute Gasteiger partial charge is 0.487 e. The van der Waals surface area contributed by atoms with E-state index in [-0.39, 0.29) is 5.91 Å². The number of benzene rings is 4. The van der Waals surface area contributed by atoms with Crippen LogP contribution in [-0.2, 0) is 6.61 Å². The Kier molecular flexibility index (Phi) is 9.51. The fourth-order valence-electron chi connectivity index (χ4n) is 3.89. The molecule has 4 aromatic carbocycles. The van der Waals surface area contributed by atoms with Crippen LogP contribution >= 0.6 is 54.8 Å². The van der Waals surface area contributed by atoms with E-state index in [1.807, 2.05) is 66.0 Å². The maximum Gasteiger partial charge on any atom is 0.271 e. The van der Waals surface area contributed by atoms with Gasteiger partial charge in [0, 0.05) is 27.2 Å². The van der Waals surface area contributed by atoms with Crippen LogP contribution in [-0.4, -0.2) is 17.1 Å². The second-order valence-corrected chi connectivity index (χ2v) is 12.0. The number of carbonyl (C=O) groups excluding carboxylic acids is 1. The Morgan fingerprint density at radius 3 is 2.46 bits per heavy atom. The molecule has 0 radical (unpaired) electrons. The molecule has 0 bridgehead atoms. The number of hydrazone groups is 1. The second-order valence-electron chi connectivity index (χ2n) is 9.04. The van der Waals surface area contributed by atoms with E-state index >= 15 is 0 Å². The number of amides is 1. The zero-order valence-corrected chi connectivity index (χ0v) is 26.4. The van der Waals surface area contributed by atoms with Crippen LogP contribution in [0.4, 0.5) is 10.8 Å². The number of rotatable bonds is 9. The number of hydrogen-bond acceptors (Lipinski definition) is 6. The topological polar surface area (TPSA) is 75.6 Å². The zero-order valence-electron chi connectivity index (χ0n) is 21.7. The Labute approximate surface area is 263 Å². The SMILES string of the molecule is Cc1cccc(COc2c(Br)cc(/C=N\NC(=O)c3ccc(-c4csc(Nc5ccc(Cl)cc5)n4)cc3)cc2Br)c1. The minimum atomic E-state index is -0.313. The first-order valence-corrected chi connectivity index (χ1v) is 15.3. The molecule has 1 aromatic heterocycles. The molecule has 0 saturated heterocycles. The van der Waals surface area contributed by atoms with Gasteiger partial charge in [0.25, 0.3) is 5.91 Å². The number of nitrogens with one attached hydrogen (secondary N) is 2. The molecule has 6 nitrogen and oxygen atoms in total. The van der Waals surface area contributed by atoms with Crippen LogP contribution in [0.3, 0.4) is 0 Å². The molecule has 0 aliphatic rings. The maximum absolute atomic E-state index is 12.6. The van der Waals surface area contributed by atoms with Gasteiger partial charge in [0.05, 0.1) is 20.9 Å². The van der Waals surface area contributed by atoms with Gasteiger partial charge in [0.15, 0.2) is 5.13 Å².